The van der Waals surface area contributed by atoms with Crippen molar-refractivity contribution < 1.29 is 9.47 Å². The van der Waals surface area contributed by atoms with Gasteiger partial charge in [0.15, 0.2) is 0 Å². The van der Waals surface area contributed by atoms with Gasteiger partial charge in [0.1, 0.15) is 0 Å². The third-order valence-corrected chi connectivity index (χ3v) is 2.74. The largest absolute Gasteiger partial charge is 0.480 e. The molecular weight excluding hydrogens is 208 g/mol. The summed E-state index contributed by atoms with van der Waals surface area (Å²) in [6.45, 7) is 1.42. The van der Waals surface area contributed by atoms with Crippen molar-refractivity contribution in [1.82, 2.24) is 9.78 Å². The lowest BCUT2D eigenvalue weighted by Crippen LogP contribution is -2.24. The second-order valence-electron chi connectivity index (χ2n) is 3.86. The van der Waals surface area contributed by atoms with Crippen molar-refractivity contribution in [2.24, 2.45) is 0 Å². The van der Waals surface area contributed by atoms with Crippen molar-refractivity contribution in [1.29, 1.82) is 0 Å². The van der Waals surface area contributed by atoms with E-state index in [2.05, 4.69) is 5.10 Å². The Hall–Kier alpha value is -1.36. The van der Waals surface area contributed by atoms with Crippen molar-refractivity contribution in [3.8, 4) is 5.88 Å². The molecule has 0 spiro atoms. The molecule has 0 N–H and O–H groups in total. The van der Waals surface area contributed by atoms with Crippen LogP contribution in [0.3, 0.4) is 0 Å². The van der Waals surface area contributed by atoms with Crippen LogP contribution >= 0.6 is 0 Å². The minimum absolute atomic E-state index is 0.0983. The van der Waals surface area contributed by atoms with Crippen molar-refractivity contribution in [3.63, 3.8) is 0 Å². The predicted octanol–water partition coefficient (Wildman–Crippen LogP) is 0.821. The average Bonchev–Trinajstić information content (AvgIpc) is 2.81. The molecule has 0 amide bonds. The first kappa shape index (κ1) is 11.1. The molecular formula is C11H16N2O3. The molecule has 88 valence electrons. The number of hydrogen-bond donors (Lipinski definition) is 0. The van der Waals surface area contributed by atoms with E-state index in [9.17, 15) is 4.79 Å². The number of aryl methyl sites for hydroxylation is 1. The summed E-state index contributed by atoms with van der Waals surface area (Å²) in [5, 5.41) is 4.08. The zero-order chi connectivity index (χ0) is 11.4. The van der Waals surface area contributed by atoms with Crippen LogP contribution in [0.1, 0.15) is 19.3 Å². The third-order valence-electron chi connectivity index (χ3n) is 2.74. The van der Waals surface area contributed by atoms with Crippen LogP contribution in [-0.2, 0) is 11.3 Å². The van der Waals surface area contributed by atoms with Crippen molar-refractivity contribution >= 4 is 0 Å². The minimum Gasteiger partial charge on any atom is -0.480 e. The van der Waals surface area contributed by atoms with E-state index in [-0.39, 0.29) is 11.7 Å². The quantitative estimate of drug-likeness (QED) is 0.759. The molecule has 1 aromatic heterocycles. The Bertz CT molecular complexity index is 396. The topological polar surface area (TPSA) is 53.4 Å². The highest BCUT2D eigenvalue weighted by atomic mass is 16.5. The van der Waals surface area contributed by atoms with Crippen molar-refractivity contribution in [2.45, 2.75) is 31.9 Å². The number of aromatic nitrogens is 2. The highest BCUT2D eigenvalue weighted by Crippen LogP contribution is 2.15. The van der Waals surface area contributed by atoms with Gasteiger partial charge in [-0.25, -0.2) is 4.68 Å². The normalized spacial score (nSPS) is 19.9. The van der Waals surface area contributed by atoms with Crippen LogP contribution in [-0.4, -0.2) is 29.6 Å². The van der Waals surface area contributed by atoms with Crippen LogP contribution < -0.4 is 10.3 Å². The van der Waals surface area contributed by atoms with E-state index < -0.39 is 0 Å². The van der Waals surface area contributed by atoms with Crippen LogP contribution in [0.2, 0.25) is 0 Å². The van der Waals surface area contributed by atoms with Gasteiger partial charge in [0.05, 0.1) is 13.2 Å². The highest BCUT2D eigenvalue weighted by molar-refractivity contribution is 5.05. The number of rotatable bonds is 4. The molecule has 16 heavy (non-hydrogen) atoms. The lowest BCUT2D eigenvalue weighted by atomic mass is 10.2. The molecule has 2 rings (SSSR count). The Morgan fingerprint density at radius 2 is 2.50 bits per heavy atom. The first-order chi connectivity index (χ1) is 7.79. The summed E-state index contributed by atoms with van der Waals surface area (Å²) in [7, 11) is 1.54. The first-order valence-electron chi connectivity index (χ1n) is 5.53. The number of nitrogens with zero attached hydrogens (tertiary/aromatic N) is 2. The lowest BCUT2D eigenvalue weighted by molar-refractivity contribution is 0.0988. The Morgan fingerprint density at radius 3 is 3.19 bits per heavy atom. The average molecular weight is 224 g/mol. The molecule has 5 nitrogen and oxygen atoms in total. The Morgan fingerprint density at radius 1 is 1.62 bits per heavy atom. The van der Waals surface area contributed by atoms with Crippen LogP contribution in [0.4, 0.5) is 0 Å². The van der Waals surface area contributed by atoms with E-state index in [1.54, 1.807) is 6.07 Å². The molecule has 5 heteroatoms. The van der Waals surface area contributed by atoms with E-state index in [0.717, 1.165) is 25.9 Å². The van der Waals surface area contributed by atoms with E-state index in [1.165, 1.54) is 17.9 Å². The van der Waals surface area contributed by atoms with Gasteiger partial charge < -0.3 is 9.47 Å². The van der Waals surface area contributed by atoms with E-state index in [1.807, 2.05) is 0 Å². The summed E-state index contributed by atoms with van der Waals surface area (Å²) in [5.74, 6) is 0.465. The van der Waals surface area contributed by atoms with Gasteiger partial charge in [0.25, 0.3) is 5.56 Å². The Labute approximate surface area is 94.0 Å². The summed E-state index contributed by atoms with van der Waals surface area (Å²) in [6, 6.07) is 3.05. The molecule has 0 radical (unpaired) electrons. The maximum absolute atomic E-state index is 11.5. The van der Waals surface area contributed by atoms with Gasteiger partial charge in [-0.15, -0.1) is 5.10 Å². The summed E-state index contributed by atoms with van der Waals surface area (Å²) >= 11 is 0. The smallest absolute Gasteiger partial charge is 0.266 e. The number of methoxy groups -OCH3 is 1. The molecule has 1 saturated heterocycles. The summed E-state index contributed by atoms with van der Waals surface area (Å²) < 4.78 is 11.9. The molecule has 1 aliphatic heterocycles. The summed E-state index contributed by atoms with van der Waals surface area (Å²) in [5.41, 5.74) is -0.0983. The fraction of sp³-hybridized carbons (Fsp3) is 0.636. The Balaban J connectivity index is 1.99. The van der Waals surface area contributed by atoms with Gasteiger partial charge >= 0.3 is 0 Å². The van der Waals surface area contributed by atoms with Crippen LogP contribution in [0, 0.1) is 0 Å². The fourth-order valence-corrected chi connectivity index (χ4v) is 1.84. The molecule has 1 aliphatic rings. The van der Waals surface area contributed by atoms with Gasteiger partial charge in [0, 0.05) is 25.3 Å². The number of ether oxygens (including phenoxy) is 2. The van der Waals surface area contributed by atoms with Gasteiger partial charge in [0.2, 0.25) is 5.88 Å². The van der Waals surface area contributed by atoms with Crippen LogP contribution in [0.25, 0.3) is 0 Å². The van der Waals surface area contributed by atoms with Crippen molar-refractivity contribution in [3.05, 3.63) is 22.5 Å². The van der Waals surface area contributed by atoms with Gasteiger partial charge in [-0.05, 0) is 19.3 Å². The molecule has 2 heterocycles. The number of hydrogen-bond acceptors (Lipinski definition) is 4. The van der Waals surface area contributed by atoms with Gasteiger partial charge in [-0.2, -0.15) is 0 Å². The summed E-state index contributed by atoms with van der Waals surface area (Å²) in [4.78, 5) is 11.5. The monoisotopic (exact) mass is 224 g/mol. The van der Waals surface area contributed by atoms with Crippen LogP contribution in [0.5, 0.6) is 5.88 Å². The highest BCUT2D eigenvalue weighted by Gasteiger charge is 2.15. The maximum Gasteiger partial charge on any atom is 0.266 e. The zero-order valence-corrected chi connectivity index (χ0v) is 9.39. The molecule has 0 bridgehead atoms. The van der Waals surface area contributed by atoms with Crippen molar-refractivity contribution in [2.75, 3.05) is 13.7 Å². The van der Waals surface area contributed by atoms with E-state index >= 15 is 0 Å². The standard InChI is InChI=1S/C11H16N2O3/c1-15-10-4-5-11(14)13(12-10)7-6-9-3-2-8-16-9/h4-5,9H,2-3,6-8H2,1H3/t9-/m0/s1. The van der Waals surface area contributed by atoms with Crippen LogP contribution in [0.15, 0.2) is 16.9 Å². The fourth-order valence-electron chi connectivity index (χ4n) is 1.84. The first-order valence-corrected chi connectivity index (χ1v) is 5.53. The second-order valence-corrected chi connectivity index (χ2v) is 3.86. The molecule has 1 aromatic rings. The minimum atomic E-state index is -0.0983. The maximum atomic E-state index is 11.5. The molecule has 0 aliphatic carbocycles. The lowest BCUT2D eigenvalue weighted by Gasteiger charge is -2.10. The SMILES string of the molecule is COc1ccc(=O)n(CC[C@@H]2CCCO2)n1. The van der Waals surface area contributed by atoms with Gasteiger partial charge in [-0.3, -0.25) is 4.79 Å². The van der Waals surface area contributed by atoms with Gasteiger partial charge in [-0.1, -0.05) is 0 Å². The predicted molar refractivity (Wildman–Crippen MR) is 58.6 cm³/mol. The molecule has 1 fully saturated rings. The third kappa shape index (κ3) is 2.61. The molecule has 0 aromatic carbocycles. The van der Waals surface area contributed by atoms with E-state index in [4.69, 9.17) is 9.47 Å². The second kappa shape index (κ2) is 5.12. The Kier molecular flexibility index (Phi) is 3.56. The summed E-state index contributed by atoms with van der Waals surface area (Å²) in [6.07, 6.45) is 3.31. The molecule has 0 unspecified atom stereocenters. The zero-order valence-electron chi connectivity index (χ0n) is 9.39. The molecule has 1 atom stereocenters. The van der Waals surface area contributed by atoms with E-state index in [0.29, 0.717) is 12.4 Å². The molecule has 0 saturated carbocycles.